The van der Waals surface area contributed by atoms with Crippen molar-refractivity contribution in [2.24, 2.45) is 5.73 Å². The Morgan fingerprint density at radius 1 is 1.26 bits per heavy atom. The Bertz CT molecular complexity index is 596. The van der Waals surface area contributed by atoms with Crippen LogP contribution in [0.4, 0.5) is 0 Å². The van der Waals surface area contributed by atoms with Gasteiger partial charge in [0.1, 0.15) is 5.75 Å². The lowest BCUT2D eigenvalue weighted by Crippen LogP contribution is -2.28. The highest BCUT2D eigenvalue weighted by Gasteiger charge is 2.26. The maximum atomic E-state index is 10.5. The molecule has 0 saturated carbocycles. The van der Waals surface area contributed by atoms with Gasteiger partial charge in [0.25, 0.3) is 0 Å². The van der Waals surface area contributed by atoms with Crippen molar-refractivity contribution in [3.8, 4) is 5.75 Å². The molecule has 19 heavy (non-hydrogen) atoms. The molecule has 3 N–H and O–H groups in total. The summed E-state index contributed by atoms with van der Waals surface area (Å²) < 4.78 is 0. The number of likely N-dealkylation sites (tertiary alicyclic amines) is 1. The van der Waals surface area contributed by atoms with Crippen LogP contribution in [-0.2, 0) is 0 Å². The number of hydrogen-bond acceptors (Lipinski definition) is 3. The van der Waals surface area contributed by atoms with E-state index in [4.69, 9.17) is 5.73 Å². The summed E-state index contributed by atoms with van der Waals surface area (Å²) in [7, 11) is 0. The molecule has 1 fully saturated rings. The zero-order valence-corrected chi connectivity index (χ0v) is 11.2. The number of hydrogen-bond donors (Lipinski definition) is 2. The van der Waals surface area contributed by atoms with Gasteiger partial charge in [-0.15, -0.1) is 0 Å². The fourth-order valence-electron chi connectivity index (χ4n) is 2.97. The molecule has 1 aliphatic heterocycles. The maximum absolute atomic E-state index is 10.5. The lowest BCUT2D eigenvalue weighted by molar-refractivity contribution is 0.255. The van der Waals surface area contributed by atoms with E-state index in [1.165, 1.54) is 0 Å². The molecule has 0 aliphatic carbocycles. The zero-order valence-electron chi connectivity index (χ0n) is 11.2. The van der Waals surface area contributed by atoms with E-state index in [1.807, 2.05) is 30.3 Å². The monoisotopic (exact) mass is 256 g/mol. The lowest BCUT2D eigenvalue weighted by atomic mass is 10.0. The topological polar surface area (TPSA) is 49.5 Å². The second-order valence-electron chi connectivity index (χ2n) is 5.44. The minimum absolute atomic E-state index is 0.207. The summed E-state index contributed by atoms with van der Waals surface area (Å²) in [5.74, 6) is 0.408. The molecule has 2 atom stereocenters. The van der Waals surface area contributed by atoms with Crippen molar-refractivity contribution in [3.05, 3.63) is 42.0 Å². The highest BCUT2D eigenvalue weighted by Crippen LogP contribution is 2.35. The summed E-state index contributed by atoms with van der Waals surface area (Å²) >= 11 is 0. The van der Waals surface area contributed by atoms with E-state index in [0.29, 0.717) is 5.75 Å². The third-order valence-corrected chi connectivity index (χ3v) is 4.19. The Kier molecular flexibility index (Phi) is 3.17. The van der Waals surface area contributed by atoms with Gasteiger partial charge in [-0.1, -0.05) is 36.4 Å². The van der Waals surface area contributed by atoms with Crippen molar-refractivity contribution in [1.82, 2.24) is 4.90 Å². The first kappa shape index (κ1) is 12.5. The molecule has 1 aliphatic rings. The van der Waals surface area contributed by atoms with Crippen LogP contribution in [0.1, 0.15) is 24.9 Å². The standard InChI is InChI=1S/C16H20N2O/c1-11(18-9-8-13(17)10-18)14-7-6-12-4-2-3-5-15(12)16(14)19/h2-7,11,13,19H,8-10,17H2,1H3. The van der Waals surface area contributed by atoms with Crippen LogP contribution in [-0.4, -0.2) is 29.1 Å². The van der Waals surface area contributed by atoms with E-state index >= 15 is 0 Å². The van der Waals surface area contributed by atoms with Crippen LogP contribution in [0.15, 0.2) is 36.4 Å². The Morgan fingerprint density at radius 2 is 2.05 bits per heavy atom. The number of nitrogens with two attached hydrogens (primary N) is 1. The SMILES string of the molecule is CC(c1ccc2ccccc2c1O)N1CCC(N)C1. The molecule has 2 unspecified atom stereocenters. The van der Waals surface area contributed by atoms with Crippen molar-refractivity contribution >= 4 is 10.8 Å². The Morgan fingerprint density at radius 3 is 2.79 bits per heavy atom. The number of benzene rings is 2. The van der Waals surface area contributed by atoms with Crippen molar-refractivity contribution in [2.45, 2.75) is 25.4 Å². The number of fused-ring (bicyclic) bond motifs is 1. The van der Waals surface area contributed by atoms with Gasteiger partial charge in [-0.2, -0.15) is 0 Å². The van der Waals surface area contributed by atoms with Crippen LogP contribution in [0.2, 0.25) is 0 Å². The van der Waals surface area contributed by atoms with Gasteiger partial charge in [-0.3, -0.25) is 4.90 Å². The van der Waals surface area contributed by atoms with E-state index < -0.39 is 0 Å². The van der Waals surface area contributed by atoms with Gasteiger partial charge in [0.15, 0.2) is 0 Å². The van der Waals surface area contributed by atoms with Crippen LogP contribution >= 0.6 is 0 Å². The van der Waals surface area contributed by atoms with E-state index in [0.717, 1.165) is 35.8 Å². The molecule has 1 saturated heterocycles. The predicted octanol–water partition coefficient (Wildman–Crippen LogP) is 2.64. The Hall–Kier alpha value is -1.58. The smallest absolute Gasteiger partial charge is 0.128 e. The largest absolute Gasteiger partial charge is 0.507 e. The average molecular weight is 256 g/mol. The Balaban J connectivity index is 1.98. The summed E-state index contributed by atoms with van der Waals surface area (Å²) in [5.41, 5.74) is 6.96. The molecule has 0 spiro atoms. The first-order valence-corrected chi connectivity index (χ1v) is 6.87. The zero-order chi connectivity index (χ0) is 13.4. The molecule has 3 heteroatoms. The quantitative estimate of drug-likeness (QED) is 0.868. The average Bonchev–Trinajstić information content (AvgIpc) is 2.85. The Labute approximate surface area is 113 Å². The summed E-state index contributed by atoms with van der Waals surface area (Å²) in [6.45, 7) is 4.06. The van der Waals surface area contributed by atoms with E-state index in [1.54, 1.807) is 0 Å². The van der Waals surface area contributed by atoms with Crippen LogP contribution in [0.5, 0.6) is 5.75 Å². The number of phenolic OH excluding ortho intramolecular Hbond substituents is 1. The highest BCUT2D eigenvalue weighted by atomic mass is 16.3. The fourth-order valence-corrected chi connectivity index (χ4v) is 2.97. The number of rotatable bonds is 2. The van der Waals surface area contributed by atoms with Crippen molar-refractivity contribution in [3.63, 3.8) is 0 Å². The second kappa shape index (κ2) is 4.83. The van der Waals surface area contributed by atoms with Crippen molar-refractivity contribution in [1.29, 1.82) is 0 Å². The van der Waals surface area contributed by atoms with E-state index in [9.17, 15) is 5.11 Å². The third kappa shape index (κ3) is 2.20. The normalized spacial score (nSPS) is 21.9. The van der Waals surface area contributed by atoms with Gasteiger partial charge in [-0.25, -0.2) is 0 Å². The van der Waals surface area contributed by atoms with Gasteiger partial charge >= 0.3 is 0 Å². The summed E-state index contributed by atoms with van der Waals surface area (Å²) in [5, 5.41) is 12.5. The van der Waals surface area contributed by atoms with Gasteiger partial charge < -0.3 is 10.8 Å². The second-order valence-corrected chi connectivity index (χ2v) is 5.44. The molecule has 2 aromatic carbocycles. The van der Waals surface area contributed by atoms with Gasteiger partial charge in [0.2, 0.25) is 0 Å². The van der Waals surface area contributed by atoms with Crippen molar-refractivity contribution in [2.75, 3.05) is 13.1 Å². The molecule has 1 heterocycles. The van der Waals surface area contributed by atoms with Crippen LogP contribution < -0.4 is 5.73 Å². The third-order valence-electron chi connectivity index (χ3n) is 4.19. The minimum atomic E-state index is 0.207. The minimum Gasteiger partial charge on any atom is -0.507 e. The molecule has 3 rings (SSSR count). The molecule has 0 radical (unpaired) electrons. The van der Waals surface area contributed by atoms with Crippen molar-refractivity contribution < 1.29 is 5.11 Å². The molecular weight excluding hydrogens is 236 g/mol. The predicted molar refractivity (Wildman–Crippen MR) is 78.2 cm³/mol. The summed E-state index contributed by atoms with van der Waals surface area (Å²) in [4.78, 5) is 2.34. The van der Waals surface area contributed by atoms with Gasteiger partial charge in [0.05, 0.1) is 0 Å². The lowest BCUT2D eigenvalue weighted by Gasteiger charge is -2.25. The van der Waals surface area contributed by atoms with Crippen LogP contribution in [0.25, 0.3) is 10.8 Å². The van der Waals surface area contributed by atoms with E-state index in [-0.39, 0.29) is 12.1 Å². The van der Waals surface area contributed by atoms with Crippen LogP contribution in [0.3, 0.4) is 0 Å². The molecule has 0 bridgehead atoms. The number of aromatic hydroxyl groups is 1. The molecular formula is C16H20N2O. The first-order valence-electron chi connectivity index (χ1n) is 6.87. The molecule has 0 aromatic heterocycles. The van der Waals surface area contributed by atoms with Gasteiger partial charge in [0, 0.05) is 36.1 Å². The number of phenols is 1. The molecule has 0 amide bonds. The van der Waals surface area contributed by atoms with Crippen LogP contribution in [0, 0.1) is 0 Å². The summed E-state index contributed by atoms with van der Waals surface area (Å²) in [6, 6.07) is 12.5. The molecule has 2 aromatic rings. The fraction of sp³-hybridized carbons (Fsp3) is 0.375. The molecule has 3 nitrogen and oxygen atoms in total. The van der Waals surface area contributed by atoms with E-state index in [2.05, 4.69) is 17.9 Å². The first-order chi connectivity index (χ1) is 9.16. The highest BCUT2D eigenvalue weighted by molar-refractivity contribution is 5.89. The van der Waals surface area contributed by atoms with Gasteiger partial charge in [-0.05, 0) is 18.7 Å². The molecule has 100 valence electrons. The maximum Gasteiger partial charge on any atom is 0.128 e. The number of nitrogens with zero attached hydrogens (tertiary/aromatic N) is 1. The summed E-state index contributed by atoms with van der Waals surface area (Å²) in [6.07, 6.45) is 1.04.